The van der Waals surface area contributed by atoms with Crippen molar-refractivity contribution in [2.75, 3.05) is 19.0 Å². The lowest BCUT2D eigenvalue weighted by Crippen LogP contribution is -2.23. The highest BCUT2D eigenvalue weighted by molar-refractivity contribution is 7.16. The Labute approximate surface area is 122 Å². The van der Waals surface area contributed by atoms with Crippen LogP contribution in [0.15, 0.2) is 0 Å². The molecule has 1 aliphatic rings. The lowest BCUT2D eigenvalue weighted by atomic mass is 10.1. The molecule has 1 fully saturated rings. The van der Waals surface area contributed by atoms with E-state index in [1.807, 2.05) is 13.8 Å². The number of nitrogens with one attached hydrogen (secondary N) is 2. The van der Waals surface area contributed by atoms with Crippen LogP contribution in [-0.2, 0) is 9.53 Å². The van der Waals surface area contributed by atoms with Gasteiger partial charge < -0.3 is 15.4 Å². The molecule has 0 atom stereocenters. The maximum absolute atomic E-state index is 11.9. The van der Waals surface area contributed by atoms with Crippen LogP contribution in [0, 0.1) is 13.8 Å². The van der Waals surface area contributed by atoms with Crippen LogP contribution in [0.5, 0.6) is 0 Å². The van der Waals surface area contributed by atoms with Crippen molar-refractivity contribution in [1.29, 1.82) is 0 Å². The molecule has 0 spiro atoms. The number of anilines is 1. The fourth-order valence-electron chi connectivity index (χ4n) is 1.93. The maximum atomic E-state index is 11.9. The summed E-state index contributed by atoms with van der Waals surface area (Å²) in [6.07, 6.45) is 2.82. The highest BCUT2D eigenvalue weighted by Gasteiger charge is 2.22. The Kier molecular flexibility index (Phi) is 4.77. The Balaban J connectivity index is 1.98. The summed E-state index contributed by atoms with van der Waals surface area (Å²) >= 11 is 1.41. The van der Waals surface area contributed by atoms with Gasteiger partial charge in [-0.1, -0.05) is 0 Å². The minimum atomic E-state index is -0.404. The van der Waals surface area contributed by atoms with E-state index in [4.69, 9.17) is 4.74 Å². The summed E-state index contributed by atoms with van der Waals surface area (Å²) in [5.74, 6) is -0.484. The minimum Gasteiger partial charge on any atom is -0.465 e. The van der Waals surface area contributed by atoms with Crippen LogP contribution in [0.25, 0.3) is 0 Å². The van der Waals surface area contributed by atoms with Gasteiger partial charge in [-0.2, -0.15) is 0 Å². The van der Waals surface area contributed by atoms with Crippen LogP contribution in [0.4, 0.5) is 5.00 Å². The highest BCUT2D eigenvalue weighted by Crippen LogP contribution is 2.33. The Hall–Kier alpha value is -1.40. The van der Waals surface area contributed by atoms with Gasteiger partial charge in [-0.05, 0) is 32.3 Å². The van der Waals surface area contributed by atoms with Gasteiger partial charge in [-0.25, -0.2) is 4.79 Å². The fourth-order valence-corrected chi connectivity index (χ4v) is 2.99. The third kappa shape index (κ3) is 3.58. The van der Waals surface area contributed by atoms with Crippen molar-refractivity contribution >= 4 is 28.2 Å². The molecule has 2 rings (SSSR count). The molecule has 110 valence electrons. The second-order valence-electron chi connectivity index (χ2n) is 5.01. The quantitative estimate of drug-likeness (QED) is 0.790. The van der Waals surface area contributed by atoms with E-state index in [0.717, 1.165) is 10.4 Å². The molecule has 0 radical (unpaired) electrons. The van der Waals surface area contributed by atoms with E-state index in [1.165, 1.54) is 31.3 Å². The van der Waals surface area contributed by atoms with Gasteiger partial charge in [0.1, 0.15) is 5.00 Å². The van der Waals surface area contributed by atoms with E-state index < -0.39 is 5.97 Å². The molecule has 6 heteroatoms. The first-order valence-electron chi connectivity index (χ1n) is 6.74. The fraction of sp³-hybridized carbons (Fsp3) is 0.571. The number of esters is 1. The number of carbonyl (C=O) groups is 2. The van der Waals surface area contributed by atoms with Crippen LogP contribution in [0.1, 0.15) is 40.1 Å². The molecule has 0 aromatic carbocycles. The number of hydrogen-bond donors (Lipinski definition) is 2. The second-order valence-corrected chi connectivity index (χ2v) is 6.23. The third-order valence-electron chi connectivity index (χ3n) is 3.39. The molecule has 1 aromatic rings. The molecule has 1 saturated carbocycles. The van der Waals surface area contributed by atoms with Gasteiger partial charge in [0.05, 0.1) is 12.7 Å². The van der Waals surface area contributed by atoms with E-state index >= 15 is 0 Å². The molecule has 0 unspecified atom stereocenters. The van der Waals surface area contributed by atoms with Crippen LogP contribution < -0.4 is 10.6 Å². The third-order valence-corrected chi connectivity index (χ3v) is 4.51. The molecule has 1 aromatic heterocycles. The Bertz CT molecular complexity index is 521. The Morgan fingerprint density at radius 2 is 2.05 bits per heavy atom. The average Bonchev–Trinajstić information content (AvgIpc) is 3.17. The minimum absolute atomic E-state index is 0.0791. The topological polar surface area (TPSA) is 67.4 Å². The summed E-state index contributed by atoms with van der Waals surface area (Å²) in [7, 11) is 1.35. The number of amides is 1. The Morgan fingerprint density at radius 3 is 2.65 bits per heavy atom. The number of methoxy groups -OCH3 is 1. The number of thiophene rings is 1. The largest absolute Gasteiger partial charge is 0.465 e. The van der Waals surface area contributed by atoms with Crippen molar-refractivity contribution in [3.05, 3.63) is 16.0 Å². The second kappa shape index (κ2) is 6.37. The zero-order valence-electron chi connectivity index (χ0n) is 12.0. The van der Waals surface area contributed by atoms with Crippen molar-refractivity contribution in [1.82, 2.24) is 5.32 Å². The monoisotopic (exact) mass is 296 g/mol. The molecule has 0 aliphatic heterocycles. The molecule has 1 heterocycles. The van der Waals surface area contributed by atoms with Gasteiger partial charge in [0, 0.05) is 23.9 Å². The number of ether oxygens (including phenoxy) is 1. The number of hydrogen-bond acceptors (Lipinski definition) is 5. The first-order chi connectivity index (χ1) is 9.52. The molecule has 1 aliphatic carbocycles. The molecule has 5 nitrogen and oxygen atoms in total. The van der Waals surface area contributed by atoms with E-state index in [1.54, 1.807) is 0 Å². The summed E-state index contributed by atoms with van der Waals surface area (Å²) in [6.45, 7) is 4.46. The van der Waals surface area contributed by atoms with Gasteiger partial charge in [0.25, 0.3) is 0 Å². The summed E-state index contributed by atoms with van der Waals surface area (Å²) in [6, 6.07) is 0.597. The summed E-state index contributed by atoms with van der Waals surface area (Å²) < 4.78 is 4.78. The molecule has 0 saturated heterocycles. The van der Waals surface area contributed by atoms with Crippen LogP contribution in [-0.4, -0.2) is 31.6 Å². The van der Waals surface area contributed by atoms with E-state index in [0.29, 0.717) is 29.6 Å². The highest BCUT2D eigenvalue weighted by atomic mass is 32.1. The van der Waals surface area contributed by atoms with Crippen molar-refractivity contribution < 1.29 is 14.3 Å². The molecular formula is C14H20N2O3S. The lowest BCUT2D eigenvalue weighted by Gasteiger charge is -2.06. The SMILES string of the molecule is COC(=O)c1c(NC(=O)CCNC2CC2)sc(C)c1C. The van der Waals surface area contributed by atoms with Gasteiger partial charge in [-0.15, -0.1) is 11.3 Å². The first-order valence-corrected chi connectivity index (χ1v) is 7.56. The molecule has 1 amide bonds. The van der Waals surface area contributed by atoms with Crippen LogP contribution in [0.2, 0.25) is 0 Å². The number of aryl methyl sites for hydroxylation is 1. The van der Waals surface area contributed by atoms with Gasteiger partial charge in [0.15, 0.2) is 0 Å². The van der Waals surface area contributed by atoms with E-state index in [9.17, 15) is 9.59 Å². The summed E-state index contributed by atoms with van der Waals surface area (Å²) in [4.78, 5) is 24.7. The van der Waals surface area contributed by atoms with Crippen molar-refractivity contribution in [2.24, 2.45) is 0 Å². The standard InChI is InChI=1S/C14H20N2O3S/c1-8-9(2)20-13(12(8)14(18)19-3)16-11(17)6-7-15-10-4-5-10/h10,15H,4-7H2,1-3H3,(H,16,17). The Morgan fingerprint density at radius 1 is 1.35 bits per heavy atom. The van der Waals surface area contributed by atoms with Crippen molar-refractivity contribution in [2.45, 2.75) is 39.2 Å². The average molecular weight is 296 g/mol. The lowest BCUT2D eigenvalue weighted by molar-refractivity contribution is -0.116. The molecular weight excluding hydrogens is 276 g/mol. The van der Waals surface area contributed by atoms with Gasteiger partial charge in [0.2, 0.25) is 5.91 Å². The zero-order valence-corrected chi connectivity index (χ0v) is 12.9. The number of carbonyl (C=O) groups excluding carboxylic acids is 2. The van der Waals surface area contributed by atoms with Crippen molar-refractivity contribution in [3.8, 4) is 0 Å². The molecule has 0 bridgehead atoms. The first kappa shape index (κ1) is 15.0. The summed E-state index contributed by atoms with van der Waals surface area (Å²) in [5, 5.41) is 6.70. The van der Waals surface area contributed by atoms with Crippen molar-refractivity contribution in [3.63, 3.8) is 0 Å². The van der Waals surface area contributed by atoms with Gasteiger partial charge in [-0.3, -0.25) is 4.79 Å². The van der Waals surface area contributed by atoms with Gasteiger partial charge >= 0.3 is 5.97 Å². The number of rotatable bonds is 6. The predicted molar refractivity (Wildman–Crippen MR) is 79.4 cm³/mol. The maximum Gasteiger partial charge on any atom is 0.341 e. The molecule has 20 heavy (non-hydrogen) atoms. The normalized spacial score (nSPS) is 14.2. The van der Waals surface area contributed by atoms with Crippen LogP contribution >= 0.6 is 11.3 Å². The van der Waals surface area contributed by atoms with Crippen LogP contribution in [0.3, 0.4) is 0 Å². The van der Waals surface area contributed by atoms with E-state index in [2.05, 4.69) is 10.6 Å². The molecule has 2 N–H and O–H groups in total. The zero-order chi connectivity index (χ0) is 14.7. The summed E-state index contributed by atoms with van der Waals surface area (Å²) in [5.41, 5.74) is 1.34. The van der Waals surface area contributed by atoms with E-state index in [-0.39, 0.29) is 5.91 Å². The smallest absolute Gasteiger partial charge is 0.341 e. The predicted octanol–water partition coefficient (Wildman–Crippen LogP) is 2.23.